The number of azo groups is 1. The number of fused-ring (bicyclic) bond motifs is 3. The third-order valence-electron chi connectivity index (χ3n) is 4.07. The van der Waals surface area contributed by atoms with Gasteiger partial charge in [0.15, 0.2) is 5.75 Å². The highest BCUT2D eigenvalue weighted by molar-refractivity contribution is 6.09. The molecule has 0 spiro atoms. The molecule has 0 bridgehead atoms. The first-order valence-corrected chi connectivity index (χ1v) is 7.88. The quantitative estimate of drug-likeness (QED) is 0.182. The molecular weight excluding hydrogens is 350 g/mol. The molecule has 1 heterocycles. The Morgan fingerprint density at radius 3 is 2.44 bits per heavy atom. The van der Waals surface area contributed by atoms with E-state index in [4.69, 9.17) is 4.42 Å². The molecule has 3 aromatic carbocycles. The Bertz CT molecular complexity index is 1280. The summed E-state index contributed by atoms with van der Waals surface area (Å²) in [5.41, 5.74) is -0.727. The van der Waals surface area contributed by atoms with Crippen LogP contribution in [0.1, 0.15) is 0 Å². The summed E-state index contributed by atoms with van der Waals surface area (Å²) >= 11 is 0. The summed E-state index contributed by atoms with van der Waals surface area (Å²) in [5.74, 6) is -0.330. The van der Waals surface area contributed by atoms with Gasteiger partial charge in [-0.2, -0.15) is 5.11 Å². The first kappa shape index (κ1) is 16.4. The van der Waals surface area contributed by atoms with E-state index in [-0.39, 0.29) is 28.4 Å². The summed E-state index contributed by atoms with van der Waals surface area (Å²) in [6, 6.07) is 16.0. The van der Waals surface area contributed by atoms with E-state index in [0.717, 1.165) is 5.39 Å². The molecule has 0 atom stereocenters. The molecule has 0 aliphatic carbocycles. The third-order valence-corrected chi connectivity index (χ3v) is 4.07. The first-order valence-electron chi connectivity index (χ1n) is 7.88. The lowest BCUT2D eigenvalue weighted by molar-refractivity contribution is -0.384. The third kappa shape index (κ3) is 2.89. The number of nitro benzene ring substituents is 1. The average Bonchev–Trinajstić information content (AvgIpc) is 2.67. The molecule has 8 nitrogen and oxygen atoms in total. The Hall–Kier alpha value is -4.07. The fourth-order valence-electron chi connectivity index (χ4n) is 2.78. The van der Waals surface area contributed by atoms with E-state index in [2.05, 4.69) is 10.2 Å². The van der Waals surface area contributed by atoms with Crippen molar-refractivity contribution >= 4 is 38.8 Å². The van der Waals surface area contributed by atoms with E-state index >= 15 is 0 Å². The molecule has 0 aliphatic heterocycles. The minimum absolute atomic E-state index is 0.0894. The maximum Gasteiger partial charge on any atom is 0.368 e. The minimum Gasteiger partial charge on any atom is -0.505 e. The second-order valence-corrected chi connectivity index (χ2v) is 5.72. The van der Waals surface area contributed by atoms with Crippen molar-refractivity contribution in [2.24, 2.45) is 10.2 Å². The van der Waals surface area contributed by atoms with Gasteiger partial charge in [-0.15, -0.1) is 5.11 Å². The Morgan fingerprint density at radius 1 is 0.963 bits per heavy atom. The number of nitro groups is 1. The van der Waals surface area contributed by atoms with Crippen molar-refractivity contribution in [3.05, 3.63) is 81.2 Å². The molecule has 132 valence electrons. The lowest BCUT2D eigenvalue weighted by Crippen LogP contribution is -1.98. The van der Waals surface area contributed by atoms with E-state index in [0.29, 0.717) is 10.8 Å². The number of non-ortho nitro benzene ring substituents is 1. The predicted octanol–water partition coefficient (Wildman–Crippen LogP) is 4.98. The molecule has 0 radical (unpaired) electrons. The molecule has 8 heteroatoms. The van der Waals surface area contributed by atoms with Gasteiger partial charge in [0.1, 0.15) is 5.58 Å². The number of hydrogen-bond donors (Lipinski definition) is 1. The zero-order valence-electron chi connectivity index (χ0n) is 13.7. The van der Waals surface area contributed by atoms with Crippen LogP contribution in [0.2, 0.25) is 0 Å². The van der Waals surface area contributed by atoms with E-state index in [9.17, 15) is 20.0 Å². The molecule has 4 aromatic rings. The molecule has 0 fully saturated rings. The predicted molar refractivity (Wildman–Crippen MR) is 98.9 cm³/mol. The number of rotatable bonds is 3. The molecule has 4 rings (SSSR count). The number of nitrogens with zero attached hydrogens (tertiary/aromatic N) is 3. The van der Waals surface area contributed by atoms with Gasteiger partial charge in [0, 0.05) is 12.1 Å². The van der Waals surface area contributed by atoms with Crippen LogP contribution in [0.25, 0.3) is 21.7 Å². The summed E-state index contributed by atoms with van der Waals surface area (Å²) in [4.78, 5) is 22.3. The molecule has 0 unspecified atom stereocenters. The number of hydrogen-bond acceptors (Lipinski definition) is 7. The van der Waals surface area contributed by atoms with Crippen molar-refractivity contribution in [3.63, 3.8) is 0 Å². The normalized spacial score (nSPS) is 11.4. The fraction of sp³-hybridized carbons (Fsp3) is 0. The van der Waals surface area contributed by atoms with Gasteiger partial charge in [0.05, 0.1) is 16.0 Å². The van der Waals surface area contributed by atoms with Crippen LogP contribution in [0.5, 0.6) is 5.75 Å². The highest BCUT2D eigenvalue weighted by atomic mass is 16.6. The Labute approximate surface area is 151 Å². The molecule has 27 heavy (non-hydrogen) atoms. The molecule has 1 N–H and O–H groups in total. The summed E-state index contributed by atoms with van der Waals surface area (Å²) < 4.78 is 5.26. The monoisotopic (exact) mass is 361 g/mol. The molecule has 0 saturated heterocycles. The van der Waals surface area contributed by atoms with Crippen molar-refractivity contribution in [2.75, 3.05) is 0 Å². The average molecular weight is 361 g/mol. The molecular formula is C19H11N3O5. The Morgan fingerprint density at radius 2 is 1.70 bits per heavy atom. The SMILES string of the molecule is O=c1oc2ccc3ccccc3c2c(O)c1N=Nc1ccc([N+](=O)[O-])cc1. The van der Waals surface area contributed by atoms with Gasteiger partial charge in [0.2, 0.25) is 5.69 Å². The zero-order valence-corrected chi connectivity index (χ0v) is 13.7. The van der Waals surface area contributed by atoms with E-state index in [1.165, 1.54) is 24.3 Å². The van der Waals surface area contributed by atoms with E-state index < -0.39 is 10.5 Å². The van der Waals surface area contributed by atoms with Gasteiger partial charge >= 0.3 is 5.63 Å². The van der Waals surface area contributed by atoms with Crippen LogP contribution in [0.4, 0.5) is 17.1 Å². The van der Waals surface area contributed by atoms with Gasteiger partial charge in [-0.05, 0) is 29.0 Å². The van der Waals surface area contributed by atoms with Crippen LogP contribution in [-0.4, -0.2) is 10.0 Å². The van der Waals surface area contributed by atoms with Crippen molar-refractivity contribution in [3.8, 4) is 5.75 Å². The smallest absolute Gasteiger partial charge is 0.368 e. The van der Waals surface area contributed by atoms with Gasteiger partial charge in [-0.3, -0.25) is 10.1 Å². The second kappa shape index (κ2) is 6.34. The number of aromatic hydroxyl groups is 1. The van der Waals surface area contributed by atoms with Crippen LogP contribution < -0.4 is 5.63 Å². The topological polar surface area (TPSA) is 118 Å². The van der Waals surface area contributed by atoms with Crippen LogP contribution in [0.3, 0.4) is 0 Å². The largest absolute Gasteiger partial charge is 0.505 e. The van der Waals surface area contributed by atoms with Gasteiger partial charge in [0.25, 0.3) is 5.69 Å². The van der Waals surface area contributed by atoms with Crippen LogP contribution >= 0.6 is 0 Å². The summed E-state index contributed by atoms with van der Waals surface area (Å²) in [7, 11) is 0. The van der Waals surface area contributed by atoms with Crippen molar-refractivity contribution in [1.29, 1.82) is 0 Å². The highest BCUT2D eigenvalue weighted by Gasteiger charge is 2.16. The zero-order chi connectivity index (χ0) is 19.0. The van der Waals surface area contributed by atoms with E-state index in [1.54, 1.807) is 18.2 Å². The fourth-order valence-corrected chi connectivity index (χ4v) is 2.78. The van der Waals surface area contributed by atoms with Gasteiger partial charge in [-0.25, -0.2) is 4.79 Å². The van der Waals surface area contributed by atoms with Crippen LogP contribution in [0.15, 0.2) is 80.1 Å². The van der Waals surface area contributed by atoms with E-state index in [1.807, 2.05) is 18.2 Å². The maximum atomic E-state index is 12.2. The summed E-state index contributed by atoms with van der Waals surface area (Å²) in [6.07, 6.45) is 0. The van der Waals surface area contributed by atoms with Crippen molar-refractivity contribution in [1.82, 2.24) is 0 Å². The van der Waals surface area contributed by atoms with Crippen molar-refractivity contribution < 1.29 is 14.4 Å². The first-order chi connectivity index (χ1) is 13.0. The molecule has 0 saturated carbocycles. The Balaban J connectivity index is 1.85. The molecule has 0 aliphatic rings. The summed E-state index contributed by atoms with van der Waals surface area (Å²) in [6.45, 7) is 0. The maximum absolute atomic E-state index is 12.2. The molecule has 1 aromatic heterocycles. The minimum atomic E-state index is -0.832. The van der Waals surface area contributed by atoms with Crippen LogP contribution in [-0.2, 0) is 0 Å². The summed E-state index contributed by atoms with van der Waals surface area (Å²) in [5, 5.41) is 30.9. The molecule has 0 amide bonds. The second-order valence-electron chi connectivity index (χ2n) is 5.72. The van der Waals surface area contributed by atoms with Gasteiger partial charge in [-0.1, -0.05) is 30.3 Å². The highest BCUT2D eigenvalue weighted by Crippen LogP contribution is 2.37. The lowest BCUT2D eigenvalue weighted by Gasteiger charge is -2.06. The van der Waals surface area contributed by atoms with Crippen LogP contribution in [0, 0.1) is 10.1 Å². The van der Waals surface area contributed by atoms with Crippen molar-refractivity contribution in [2.45, 2.75) is 0 Å². The standard InChI is InChI=1S/C19H11N3O5/c23-18-16-14-4-2-1-3-11(14)5-10-15(16)27-19(24)17(18)21-20-12-6-8-13(9-7-12)22(25)26/h1-10,23H. The lowest BCUT2D eigenvalue weighted by atomic mass is 10.0. The Kier molecular flexibility index (Phi) is 3.85. The number of benzene rings is 3. The van der Waals surface area contributed by atoms with Gasteiger partial charge < -0.3 is 9.52 Å².